The number of nitrogens with zero attached hydrogens (tertiary/aromatic N) is 5. The molecular weight excluding hydrogens is 374 g/mol. The second-order valence-corrected chi connectivity index (χ2v) is 6.90. The van der Waals surface area contributed by atoms with Crippen LogP contribution >= 0.6 is 0 Å². The van der Waals surface area contributed by atoms with Gasteiger partial charge < -0.3 is 19.9 Å². The Balaban J connectivity index is 1.51. The Labute approximate surface area is 158 Å². The minimum atomic E-state index is -3.73. The highest BCUT2D eigenvalue weighted by Crippen LogP contribution is 2.45. The van der Waals surface area contributed by atoms with E-state index in [-0.39, 0.29) is 23.0 Å². The van der Waals surface area contributed by atoms with Crippen molar-refractivity contribution < 1.29 is 23.0 Å². The van der Waals surface area contributed by atoms with Crippen LogP contribution in [0.1, 0.15) is 12.7 Å². The lowest BCUT2D eigenvalue weighted by molar-refractivity contribution is -0.286. The second-order valence-electron chi connectivity index (χ2n) is 6.90. The van der Waals surface area contributed by atoms with Crippen LogP contribution < -0.4 is 15.2 Å². The van der Waals surface area contributed by atoms with Gasteiger partial charge in [-0.3, -0.25) is 4.90 Å². The van der Waals surface area contributed by atoms with E-state index in [0.717, 1.165) is 13.1 Å². The third-order valence-electron chi connectivity index (χ3n) is 5.01. The van der Waals surface area contributed by atoms with Crippen LogP contribution in [-0.4, -0.2) is 63.1 Å². The molecule has 0 spiro atoms. The predicted molar refractivity (Wildman–Crippen MR) is 94.5 cm³/mol. The molecule has 148 valence electrons. The van der Waals surface area contributed by atoms with Crippen LogP contribution in [-0.2, 0) is 11.2 Å². The fourth-order valence-electron chi connectivity index (χ4n) is 3.58. The summed E-state index contributed by atoms with van der Waals surface area (Å²) in [4.78, 5) is 11.1. The van der Waals surface area contributed by atoms with E-state index < -0.39 is 6.29 Å². The molecular formula is C17H18F2N6O3. The van der Waals surface area contributed by atoms with Gasteiger partial charge in [-0.25, -0.2) is 9.97 Å². The van der Waals surface area contributed by atoms with Crippen molar-refractivity contribution in [1.82, 2.24) is 24.5 Å². The molecule has 1 saturated heterocycles. The molecule has 4 heterocycles. The summed E-state index contributed by atoms with van der Waals surface area (Å²) in [6.07, 6.45) is -3.11. The molecule has 0 aliphatic carbocycles. The molecule has 5 rings (SSSR count). The average molecular weight is 392 g/mol. The maximum Gasteiger partial charge on any atom is 0.586 e. The molecule has 11 heteroatoms. The smallest absolute Gasteiger partial charge is 0.395 e. The number of fused-ring (bicyclic) bond motifs is 5. The van der Waals surface area contributed by atoms with Crippen LogP contribution in [0.3, 0.4) is 0 Å². The number of morpholine rings is 1. The highest BCUT2D eigenvalue weighted by Gasteiger charge is 2.44. The predicted octanol–water partition coefficient (Wildman–Crippen LogP) is 1.44. The van der Waals surface area contributed by atoms with Gasteiger partial charge in [0.05, 0.1) is 13.2 Å². The molecule has 2 N–H and O–H groups in total. The van der Waals surface area contributed by atoms with Gasteiger partial charge in [0.1, 0.15) is 5.52 Å². The van der Waals surface area contributed by atoms with Gasteiger partial charge >= 0.3 is 6.29 Å². The minimum Gasteiger partial charge on any atom is -0.395 e. The number of benzene rings is 1. The highest BCUT2D eigenvalue weighted by atomic mass is 19.3. The summed E-state index contributed by atoms with van der Waals surface area (Å²) >= 11 is 0. The first kappa shape index (κ1) is 17.3. The molecule has 1 fully saturated rings. The molecule has 9 nitrogen and oxygen atoms in total. The van der Waals surface area contributed by atoms with Crippen molar-refractivity contribution in [2.24, 2.45) is 0 Å². The Morgan fingerprint density at radius 1 is 1.29 bits per heavy atom. The van der Waals surface area contributed by atoms with Crippen LogP contribution in [0.5, 0.6) is 11.5 Å². The molecule has 1 atom stereocenters. The maximum atomic E-state index is 13.4. The summed E-state index contributed by atoms with van der Waals surface area (Å²) in [6, 6.07) is 3.34. The molecule has 2 aromatic heterocycles. The molecule has 1 aromatic carbocycles. The van der Waals surface area contributed by atoms with E-state index in [1.807, 2.05) is 0 Å². The van der Waals surface area contributed by atoms with E-state index >= 15 is 0 Å². The number of aromatic nitrogens is 4. The van der Waals surface area contributed by atoms with E-state index in [1.165, 1.54) is 10.6 Å². The maximum absolute atomic E-state index is 13.4. The van der Waals surface area contributed by atoms with Gasteiger partial charge in [-0.05, 0) is 19.1 Å². The molecule has 0 bridgehead atoms. The Morgan fingerprint density at radius 3 is 2.96 bits per heavy atom. The van der Waals surface area contributed by atoms with Crippen LogP contribution in [0.2, 0.25) is 0 Å². The van der Waals surface area contributed by atoms with Crippen molar-refractivity contribution in [2.45, 2.75) is 25.7 Å². The Bertz CT molecular complexity index is 1070. The summed E-state index contributed by atoms with van der Waals surface area (Å²) in [7, 11) is 0. The fourth-order valence-corrected chi connectivity index (χ4v) is 3.58. The van der Waals surface area contributed by atoms with Gasteiger partial charge in [0.2, 0.25) is 5.95 Å². The van der Waals surface area contributed by atoms with Crippen molar-refractivity contribution in [3.8, 4) is 11.5 Å². The number of hydrogen-bond acceptors (Lipinski definition) is 8. The minimum absolute atomic E-state index is 0.0354. The van der Waals surface area contributed by atoms with Gasteiger partial charge in [0.25, 0.3) is 0 Å². The molecule has 1 unspecified atom stereocenters. The zero-order valence-electron chi connectivity index (χ0n) is 15.1. The third-order valence-corrected chi connectivity index (χ3v) is 5.01. The van der Waals surface area contributed by atoms with Crippen molar-refractivity contribution in [3.63, 3.8) is 0 Å². The summed E-state index contributed by atoms with van der Waals surface area (Å²) in [5.74, 6) is 0.397. The van der Waals surface area contributed by atoms with Crippen LogP contribution in [0, 0.1) is 0 Å². The third kappa shape index (κ3) is 2.78. The molecule has 2 aliphatic rings. The van der Waals surface area contributed by atoms with Gasteiger partial charge in [-0.2, -0.15) is 4.52 Å². The first-order chi connectivity index (χ1) is 13.4. The number of hydrogen-bond donors (Lipinski definition) is 1. The van der Waals surface area contributed by atoms with Crippen LogP contribution in [0.15, 0.2) is 12.1 Å². The normalized spacial score (nSPS) is 21.6. The number of halogens is 2. The van der Waals surface area contributed by atoms with Gasteiger partial charge in [0.15, 0.2) is 23.0 Å². The second kappa shape index (κ2) is 6.11. The molecule has 0 saturated carbocycles. The summed E-state index contributed by atoms with van der Waals surface area (Å²) in [5.41, 5.74) is 6.60. The number of nitrogen functional groups attached to an aromatic ring is 1. The molecule has 28 heavy (non-hydrogen) atoms. The molecule has 0 amide bonds. The summed E-state index contributed by atoms with van der Waals surface area (Å²) in [5, 5.41) is 4.94. The molecule has 3 aromatic rings. The molecule has 0 radical (unpaired) electrons. The topological polar surface area (TPSA) is 100 Å². The van der Waals surface area contributed by atoms with Crippen molar-refractivity contribution in [2.75, 3.05) is 32.0 Å². The number of alkyl halides is 2. The quantitative estimate of drug-likeness (QED) is 0.715. The lowest BCUT2D eigenvalue weighted by atomic mass is 10.2. The Morgan fingerprint density at radius 2 is 2.14 bits per heavy atom. The number of ether oxygens (including phenoxy) is 3. The first-order valence-corrected chi connectivity index (χ1v) is 8.97. The summed E-state index contributed by atoms with van der Waals surface area (Å²) in [6.45, 7) is 5.17. The Hall–Kier alpha value is -2.79. The van der Waals surface area contributed by atoms with Crippen molar-refractivity contribution in [1.29, 1.82) is 0 Å². The average Bonchev–Trinajstić information content (AvgIpc) is 3.21. The Kier molecular flexibility index (Phi) is 3.78. The zero-order chi connectivity index (χ0) is 19.5. The van der Waals surface area contributed by atoms with Crippen molar-refractivity contribution >= 4 is 22.5 Å². The first-order valence-electron chi connectivity index (χ1n) is 8.97. The van der Waals surface area contributed by atoms with Gasteiger partial charge in [-0.15, -0.1) is 13.9 Å². The highest BCUT2D eigenvalue weighted by molar-refractivity contribution is 5.97. The molecule has 2 aliphatic heterocycles. The van der Waals surface area contributed by atoms with E-state index in [2.05, 4.69) is 36.4 Å². The fraction of sp³-hybridized carbons (Fsp3) is 0.471. The van der Waals surface area contributed by atoms with E-state index in [9.17, 15) is 8.78 Å². The van der Waals surface area contributed by atoms with E-state index in [4.69, 9.17) is 10.5 Å². The lowest BCUT2D eigenvalue weighted by Gasteiger charge is -2.32. The van der Waals surface area contributed by atoms with Crippen molar-refractivity contribution in [3.05, 3.63) is 18.0 Å². The SMILES string of the molecule is CC1COCCN1CCc1nc2c3ccc4c(c3nc(N)n2n1)OC(F)(F)O4. The van der Waals surface area contributed by atoms with E-state index in [1.54, 1.807) is 6.07 Å². The zero-order valence-corrected chi connectivity index (χ0v) is 15.1. The standard InChI is InChI=1S/C17H18F2N6O3/c1-9-8-26-7-6-24(9)5-4-12-21-15-10-2-3-11-14(28-17(18,19)27-11)13(10)22-16(20)25(15)23-12/h2-3,9H,4-8H2,1H3,(H2,20,22). The number of rotatable bonds is 3. The largest absolute Gasteiger partial charge is 0.586 e. The summed E-state index contributed by atoms with van der Waals surface area (Å²) < 4.78 is 42.8. The van der Waals surface area contributed by atoms with Crippen LogP contribution in [0.4, 0.5) is 14.7 Å². The van der Waals surface area contributed by atoms with E-state index in [0.29, 0.717) is 42.5 Å². The van der Waals surface area contributed by atoms with Gasteiger partial charge in [-0.1, -0.05) is 0 Å². The number of nitrogens with two attached hydrogens (primary N) is 1. The number of anilines is 1. The van der Waals surface area contributed by atoms with Gasteiger partial charge in [0, 0.05) is 30.9 Å². The lowest BCUT2D eigenvalue weighted by Crippen LogP contribution is -2.44. The van der Waals surface area contributed by atoms with Crippen LogP contribution in [0.25, 0.3) is 16.6 Å². The monoisotopic (exact) mass is 392 g/mol.